The van der Waals surface area contributed by atoms with Crippen LogP contribution in [0.2, 0.25) is 0 Å². The SMILES string of the molecule is c1cnn(C2(c3nc(-c4ccc(CN5CCOCC5)cc4)no3)CCNCC2)c1. The van der Waals surface area contributed by atoms with Gasteiger partial charge in [0, 0.05) is 37.6 Å². The van der Waals surface area contributed by atoms with Gasteiger partial charge in [-0.3, -0.25) is 9.58 Å². The molecule has 1 N–H and O–H groups in total. The number of nitrogens with zero attached hydrogens (tertiary/aromatic N) is 5. The van der Waals surface area contributed by atoms with Gasteiger partial charge in [-0.15, -0.1) is 0 Å². The maximum absolute atomic E-state index is 5.77. The van der Waals surface area contributed by atoms with Crippen molar-refractivity contribution in [1.82, 2.24) is 30.1 Å². The van der Waals surface area contributed by atoms with Gasteiger partial charge >= 0.3 is 0 Å². The quantitative estimate of drug-likeness (QED) is 0.708. The Bertz CT molecular complexity index is 909. The first-order valence-corrected chi connectivity index (χ1v) is 10.3. The van der Waals surface area contributed by atoms with E-state index in [-0.39, 0.29) is 5.54 Å². The summed E-state index contributed by atoms with van der Waals surface area (Å²) in [6.07, 6.45) is 5.52. The normalized spacial score (nSPS) is 20.0. The van der Waals surface area contributed by atoms with Crippen LogP contribution in [-0.2, 0) is 16.8 Å². The molecule has 2 aliphatic rings. The molecule has 2 fully saturated rings. The van der Waals surface area contributed by atoms with Crippen molar-refractivity contribution in [3.8, 4) is 11.4 Å². The summed E-state index contributed by atoms with van der Waals surface area (Å²) in [4.78, 5) is 7.20. The zero-order chi connectivity index (χ0) is 19.5. The predicted octanol–water partition coefficient (Wildman–Crippen LogP) is 1.89. The van der Waals surface area contributed by atoms with Crippen LogP contribution in [0.5, 0.6) is 0 Å². The molecule has 0 amide bonds. The van der Waals surface area contributed by atoms with Crippen LogP contribution in [-0.4, -0.2) is 64.2 Å². The van der Waals surface area contributed by atoms with Crippen molar-refractivity contribution in [3.63, 3.8) is 0 Å². The van der Waals surface area contributed by atoms with Crippen molar-refractivity contribution in [2.75, 3.05) is 39.4 Å². The summed E-state index contributed by atoms with van der Waals surface area (Å²) in [6, 6.07) is 10.4. The van der Waals surface area contributed by atoms with E-state index in [1.165, 1.54) is 5.56 Å². The summed E-state index contributed by atoms with van der Waals surface area (Å²) in [5.74, 6) is 1.26. The monoisotopic (exact) mass is 394 g/mol. The third-order valence-electron chi connectivity index (χ3n) is 5.92. The molecule has 0 spiro atoms. The molecule has 29 heavy (non-hydrogen) atoms. The molecule has 8 nitrogen and oxygen atoms in total. The average molecular weight is 394 g/mol. The van der Waals surface area contributed by atoms with E-state index in [2.05, 4.69) is 44.7 Å². The number of benzene rings is 1. The molecule has 0 unspecified atom stereocenters. The fourth-order valence-corrected chi connectivity index (χ4v) is 4.21. The summed E-state index contributed by atoms with van der Waals surface area (Å²) in [5, 5.41) is 12.2. The molecule has 0 aliphatic carbocycles. The van der Waals surface area contributed by atoms with E-state index in [9.17, 15) is 0 Å². The lowest BCUT2D eigenvalue weighted by molar-refractivity contribution is 0.0342. The summed E-state index contributed by atoms with van der Waals surface area (Å²) in [5.41, 5.74) is 1.87. The van der Waals surface area contributed by atoms with E-state index in [1.807, 2.05) is 16.9 Å². The highest BCUT2D eigenvalue weighted by Crippen LogP contribution is 2.34. The maximum atomic E-state index is 5.77. The van der Waals surface area contributed by atoms with Gasteiger partial charge in [-0.05, 0) is 37.6 Å². The van der Waals surface area contributed by atoms with Crippen molar-refractivity contribution >= 4 is 0 Å². The second-order valence-corrected chi connectivity index (χ2v) is 7.74. The first-order chi connectivity index (χ1) is 14.3. The van der Waals surface area contributed by atoms with Crippen LogP contribution < -0.4 is 5.32 Å². The Labute approximate surface area is 169 Å². The van der Waals surface area contributed by atoms with Gasteiger partial charge in [-0.1, -0.05) is 29.4 Å². The van der Waals surface area contributed by atoms with Crippen LogP contribution in [0.4, 0.5) is 0 Å². The number of ether oxygens (including phenoxy) is 1. The van der Waals surface area contributed by atoms with Gasteiger partial charge in [0.25, 0.3) is 5.89 Å². The number of piperidine rings is 1. The Hall–Kier alpha value is -2.55. The fourth-order valence-electron chi connectivity index (χ4n) is 4.21. The van der Waals surface area contributed by atoms with E-state index in [0.29, 0.717) is 11.7 Å². The van der Waals surface area contributed by atoms with Gasteiger partial charge in [0.15, 0.2) is 0 Å². The minimum atomic E-state index is -0.379. The first-order valence-electron chi connectivity index (χ1n) is 10.3. The molecule has 3 aromatic rings. The van der Waals surface area contributed by atoms with E-state index in [4.69, 9.17) is 14.2 Å². The average Bonchev–Trinajstić information content (AvgIpc) is 3.49. The van der Waals surface area contributed by atoms with Crippen LogP contribution in [0.1, 0.15) is 24.3 Å². The fraction of sp³-hybridized carbons (Fsp3) is 0.476. The smallest absolute Gasteiger partial charge is 0.255 e. The highest BCUT2D eigenvalue weighted by molar-refractivity contribution is 5.54. The molecule has 0 bridgehead atoms. The molecule has 4 heterocycles. The molecule has 0 atom stereocenters. The Morgan fingerprint density at radius 3 is 2.59 bits per heavy atom. The Morgan fingerprint density at radius 2 is 1.86 bits per heavy atom. The van der Waals surface area contributed by atoms with Gasteiger partial charge in [0.2, 0.25) is 5.82 Å². The third-order valence-corrected chi connectivity index (χ3v) is 5.92. The van der Waals surface area contributed by atoms with Crippen molar-refractivity contribution in [1.29, 1.82) is 0 Å². The minimum absolute atomic E-state index is 0.379. The van der Waals surface area contributed by atoms with E-state index in [0.717, 1.165) is 64.3 Å². The lowest BCUT2D eigenvalue weighted by Gasteiger charge is -2.34. The first kappa shape index (κ1) is 18.5. The van der Waals surface area contributed by atoms with Crippen molar-refractivity contribution in [2.45, 2.75) is 24.9 Å². The molecule has 5 rings (SSSR count). The van der Waals surface area contributed by atoms with Crippen molar-refractivity contribution in [3.05, 3.63) is 54.2 Å². The zero-order valence-electron chi connectivity index (χ0n) is 16.5. The Morgan fingerprint density at radius 1 is 1.07 bits per heavy atom. The van der Waals surface area contributed by atoms with Crippen LogP contribution in [0.15, 0.2) is 47.2 Å². The van der Waals surface area contributed by atoms with E-state index < -0.39 is 0 Å². The molecule has 8 heteroatoms. The Balaban J connectivity index is 1.36. The molecule has 1 aromatic carbocycles. The van der Waals surface area contributed by atoms with E-state index >= 15 is 0 Å². The van der Waals surface area contributed by atoms with Crippen molar-refractivity contribution < 1.29 is 9.26 Å². The van der Waals surface area contributed by atoms with Crippen LogP contribution in [0.3, 0.4) is 0 Å². The summed E-state index contributed by atoms with van der Waals surface area (Å²) in [6.45, 7) is 6.34. The predicted molar refractivity (Wildman–Crippen MR) is 107 cm³/mol. The lowest BCUT2D eigenvalue weighted by atomic mass is 9.88. The van der Waals surface area contributed by atoms with Crippen LogP contribution in [0.25, 0.3) is 11.4 Å². The molecule has 2 saturated heterocycles. The van der Waals surface area contributed by atoms with Gasteiger partial charge in [-0.25, -0.2) is 0 Å². The number of hydrogen-bond donors (Lipinski definition) is 1. The lowest BCUT2D eigenvalue weighted by Crippen LogP contribution is -2.45. The summed E-state index contributed by atoms with van der Waals surface area (Å²) >= 11 is 0. The highest BCUT2D eigenvalue weighted by Gasteiger charge is 2.41. The van der Waals surface area contributed by atoms with Gasteiger partial charge < -0.3 is 14.6 Å². The third kappa shape index (κ3) is 3.71. The second-order valence-electron chi connectivity index (χ2n) is 7.74. The topological polar surface area (TPSA) is 81.2 Å². The molecule has 2 aromatic heterocycles. The zero-order valence-corrected chi connectivity index (χ0v) is 16.5. The summed E-state index contributed by atoms with van der Waals surface area (Å²) < 4.78 is 13.2. The molecular weight excluding hydrogens is 368 g/mol. The van der Waals surface area contributed by atoms with Gasteiger partial charge in [0.1, 0.15) is 5.54 Å². The molecular formula is C21H26N6O2. The molecule has 0 radical (unpaired) electrons. The Kier molecular flexibility index (Phi) is 5.13. The largest absolute Gasteiger partial charge is 0.379 e. The van der Waals surface area contributed by atoms with E-state index in [1.54, 1.807) is 6.20 Å². The highest BCUT2D eigenvalue weighted by atomic mass is 16.5. The number of morpholine rings is 1. The number of aromatic nitrogens is 4. The maximum Gasteiger partial charge on any atom is 0.255 e. The number of hydrogen-bond acceptors (Lipinski definition) is 7. The summed E-state index contributed by atoms with van der Waals surface area (Å²) in [7, 11) is 0. The van der Waals surface area contributed by atoms with Crippen LogP contribution in [0, 0.1) is 0 Å². The standard InChI is InChI=1S/C21H26N6O2/c1-8-23-27(11-1)21(6-9-22-10-7-21)20-24-19(25-29-20)18-4-2-17(3-5-18)16-26-12-14-28-15-13-26/h1-5,8,11,22H,6-7,9-10,12-16H2. The molecule has 0 saturated carbocycles. The number of rotatable bonds is 5. The van der Waals surface area contributed by atoms with Gasteiger partial charge in [-0.2, -0.15) is 10.1 Å². The number of nitrogens with one attached hydrogen (secondary N) is 1. The van der Waals surface area contributed by atoms with Crippen molar-refractivity contribution in [2.24, 2.45) is 0 Å². The molecule has 152 valence electrons. The second kappa shape index (κ2) is 8.06. The molecule has 2 aliphatic heterocycles. The minimum Gasteiger partial charge on any atom is -0.379 e. The van der Waals surface area contributed by atoms with Crippen LogP contribution >= 0.6 is 0 Å². The van der Waals surface area contributed by atoms with Gasteiger partial charge in [0.05, 0.1) is 13.2 Å².